The summed E-state index contributed by atoms with van der Waals surface area (Å²) in [7, 11) is 3.04. The first-order chi connectivity index (χ1) is 32.4. The molecular formula is C50H51N7O10. The van der Waals surface area contributed by atoms with Crippen molar-refractivity contribution in [3.05, 3.63) is 101 Å². The minimum Gasteiger partial charge on any atom is -0.493 e. The lowest BCUT2D eigenvalue weighted by Crippen LogP contribution is -2.50. The highest BCUT2D eigenvalue weighted by atomic mass is 16.7. The van der Waals surface area contributed by atoms with Gasteiger partial charge in [-0.05, 0) is 71.5 Å². The quantitative estimate of drug-likeness (QED) is 0.108. The molecule has 4 aromatic carbocycles. The Morgan fingerprint density at radius 3 is 1.81 bits per heavy atom. The Morgan fingerprint density at radius 1 is 0.716 bits per heavy atom. The molecule has 17 heteroatoms. The molecule has 0 radical (unpaired) electrons. The fourth-order valence-electron chi connectivity index (χ4n) is 8.36. The molecule has 0 saturated carbocycles. The standard InChI is InChI=1S/C50H51N7O10/c1-27(2)46(51)48(59)54-28(3)47(58)55-33-10-7-29(8-11-33)31-15-34-22-52-38-20-44(41(62-4)18-36(38)49(60)56(34)24-31)64-13-6-14-65-45-21-39-37(19-42(45)63-5)50(61)57-25-32(16-35(57)23-53-39)30-9-12-40-43(17-30)67-26-66-40/h7-12,17-25,27-28,34-35,46H,6,13-16,26,51H2,1-5H3,(H,54,59)(H,55,58)/t28?,34-,35-,46-/m0/s1. The molecule has 4 atom stereocenters. The maximum Gasteiger partial charge on any atom is 0.260 e. The second-order valence-electron chi connectivity index (χ2n) is 17.1. The predicted octanol–water partition coefficient (Wildman–Crippen LogP) is 6.65. The normalized spacial score (nSPS) is 18.4. The minimum atomic E-state index is -0.778. The van der Waals surface area contributed by atoms with Crippen molar-refractivity contribution in [2.75, 3.05) is 39.5 Å². The summed E-state index contributed by atoms with van der Waals surface area (Å²) < 4.78 is 34.6. The van der Waals surface area contributed by atoms with Gasteiger partial charge in [0.15, 0.2) is 34.5 Å². The van der Waals surface area contributed by atoms with Crippen LogP contribution in [0.25, 0.3) is 11.1 Å². The lowest BCUT2D eigenvalue weighted by molar-refractivity contribution is -0.127. The Bertz CT molecular complexity index is 2770. The van der Waals surface area contributed by atoms with E-state index in [-0.39, 0.29) is 61.6 Å². The third kappa shape index (κ3) is 9.01. The highest BCUT2D eigenvalue weighted by Gasteiger charge is 2.36. The number of nitrogens with zero attached hydrogens (tertiary/aromatic N) is 4. The van der Waals surface area contributed by atoms with Gasteiger partial charge in [-0.1, -0.05) is 32.0 Å². The average Bonchev–Trinajstić information content (AvgIpc) is 4.07. The summed E-state index contributed by atoms with van der Waals surface area (Å²) in [6.07, 6.45) is 8.87. The van der Waals surface area contributed by atoms with Crippen LogP contribution in [-0.4, -0.2) is 104 Å². The van der Waals surface area contributed by atoms with Gasteiger partial charge in [0, 0.05) is 61.9 Å². The van der Waals surface area contributed by atoms with Gasteiger partial charge in [0.1, 0.15) is 6.04 Å². The molecule has 0 saturated heterocycles. The van der Waals surface area contributed by atoms with Gasteiger partial charge in [-0.15, -0.1) is 0 Å². The van der Waals surface area contributed by atoms with Gasteiger partial charge in [-0.3, -0.25) is 29.2 Å². The maximum absolute atomic E-state index is 14.0. The van der Waals surface area contributed by atoms with Crippen molar-refractivity contribution < 1.29 is 47.6 Å². The zero-order valence-electron chi connectivity index (χ0n) is 37.7. The lowest BCUT2D eigenvalue weighted by Gasteiger charge is -2.19. The monoisotopic (exact) mass is 909 g/mol. The smallest absolute Gasteiger partial charge is 0.260 e. The Hall–Kier alpha value is -7.66. The number of anilines is 1. The van der Waals surface area contributed by atoms with Crippen LogP contribution in [0.2, 0.25) is 0 Å². The Balaban J connectivity index is 0.797. The van der Waals surface area contributed by atoms with Gasteiger partial charge in [0.25, 0.3) is 11.8 Å². The SMILES string of the molecule is COc1cc2c(cc1OCCCOc1cc3c(cc1OC)C(=O)N1C=C(c4ccc5c(c4)OCO5)C[C@H]1C=N3)N=C[C@@H]1CC(c3ccc(NC(=O)C(C)NC(=O)[C@@H](N)C(C)C)cc3)=CN1C2=O. The molecule has 0 bridgehead atoms. The van der Waals surface area contributed by atoms with Crippen LogP contribution < -0.4 is 44.8 Å². The first kappa shape index (κ1) is 44.5. The maximum atomic E-state index is 14.0. The number of rotatable bonds is 15. The van der Waals surface area contributed by atoms with E-state index in [9.17, 15) is 19.2 Å². The molecule has 4 amide bonds. The first-order valence-corrected chi connectivity index (χ1v) is 22.1. The number of hydrogen-bond donors (Lipinski definition) is 3. The van der Waals surface area contributed by atoms with Crippen LogP contribution in [0.5, 0.6) is 34.5 Å². The van der Waals surface area contributed by atoms with Crippen molar-refractivity contribution in [1.29, 1.82) is 0 Å². The molecule has 5 aliphatic heterocycles. The van der Waals surface area contributed by atoms with Crippen LogP contribution in [0.1, 0.15) is 71.9 Å². The van der Waals surface area contributed by atoms with Crippen molar-refractivity contribution in [3.8, 4) is 34.5 Å². The summed E-state index contributed by atoms with van der Waals surface area (Å²) in [5.41, 5.74) is 12.0. The number of nitrogens with two attached hydrogens (primary N) is 1. The molecule has 0 spiro atoms. The van der Waals surface area contributed by atoms with Crippen LogP contribution in [0.3, 0.4) is 0 Å². The van der Waals surface area contributed by atoms with E-state index in [1.807, 2.05) is 56.6 Å². The molecule has 17 nitrogen and oxygen atoms in total. The summed E-state index contributed by atoms with van der Waals surface area (Å²) in [5, 5.41) is 5.49. The van der Waals surface area contributed by atoms with Gasteiger partial charge in [0.2, 0.25) is 18.6 Å². The number of ether oxygens (including phenoxy) is 6. The first-order valence-electron chi connectivity index (χ1n) is 22.1. The zero-order valence-corrected chi connectivity index (χ0v) is 37.7. The fourth-order valence-corrected chi connectivity index (χ4v) is 8.36. The fraction of sp³-hybridized carbons (Fsp3) is 0.320. The molecule has 9 rings (SSSR count). The molecule has 67 heavy (non-hydrogen) atoms. The number of fused-ring (bicyclic) bond motifs is 5. The van der Waals surface area contributed by atoms with Gasteiger partial charge in [-0.2, -0.15) is 0 Å². The number of nitrogens with one attached hydrogen (secondary N) is 2. The van der Waals surface area contributed by atoms with Gasteiger partial charge >= 0.3 is 0 Å². The number of hydrogen-bond acceptors (Lipinski definition) is 13. The molecule has 1 unspecified atom stereocenters. The molecule has 0 fully saturated rings. The average molecular weight is 910 g/mol. The largest absolute Gasteiger partial charge is 0.493 e. The minimum absolute atomic E-state index is 0.0609. The number of benzene rings is 4. The molecular weight excluding hydrogens is 859 g/mol. The number of aliphatic imine (C=N–C) groups is 2. The van der Waals surface area contributed by atoms with Crippen LogP contribution >= 0.6 is 0 Å². The van der Waals surface area contributed by atoms with Crippen molar-refractivity contribution >= 4 is 64.3 Å². The van der Waals surface area contributed by atoms with Crippen LogP contribution in [0.4, 0.5) is 17.1 Å². The highest BCUT2D eigenvalue weighted by Crippen LogP contribution is 2.43. The number of methoxy groups -OCH3 is 2. The number of carbonyl (C=O) groups excluding carboxylic acids is 4. The van der Waals surface area contributed by atoms with Gasteiger partial charge in [-0.25, -0.2) is 0 Å². The van der Waals surface area contributed by atoms with Gasteiger partial charge < -0.3 is 54.6 Å². The summed E-state index contributed by atoms with van der Waals surface area (Å²) >= 11 is 0. The van der Waals surface area contributed by atoms with E-state index in [1.165, 1.54) is 14.2 Å². The van der Waals surface area contributed by atoms with Crippen molar-refractivity contribution in [1.82, 2.24) is 15.1 Å². The zero-order chi connectivity index (χ0) is 46.9. The summed E-state index contributed by atoms with van der Waals surface area (Å²) in [6.45, 7) is 6.01. The van der Waals surface area contributed by atoms with E-state index in [4.69, 9.17) is 44.1 Å². The van der Waals surface area contributed by atoms with E-state index in [1.54, 1.807) is 65.6 Å². The molecule has 5 heterocycles. The van der Waals surface area contributed by atoms with E-state index < -0.39 is 12.1 Å². The summed E-state index contributed by atoms with van der Waals surface area (Å²) in [5.74, 6) is 1.81. The Morgan fingerprint density at radius 2 is 1.25 bits per heavy atom. The highest BCUT2D eigenvalue weighted by molar-refractivity contribution is 6.07. The molecule has 0 aliphatic carbocycles. The van der Waals surface area contributed by atoms with E-state index in [0.717, 1.165) is 22.3 Å². The summed E-state index contributed by atoms with van der Waals surface area (Å²) in [6, 6.07) is 17.8. The topological polar surface area (TPSA) is 205 Å². The van der Waals surface area contributed by atoms with E-state index >= 15 is 0 Å². The molecule has 4 N–H and O–H groups in total. The van der Waals surface area contributed by atoms with Crippen LogP contribution in [0, 0.1) is 5.92 Å². The third-order valence-corrected chi connectivity index (χ3v) is 12.3. The Labute approximate surface area is 387 Å². The lowest BCUT2D eigenvalue weighted by atomic mass is 10.0. The predicted molar refractivity (Wildman–Crippen MR) is 251 cm³/mol. The van der Waals surface area contributed by atoms with Gasteiger partial charge in [0.05, 0.1) is 68.1 Å². The van der Waals surface area contributed by atoms with E-state index in [0.29, 0.717) is 81.9 Å². The molecule has 346 valence electrons. The van der Waals surface area contributed by atoms with Crippen LogP contribution in [0.15, 0.2) is 89.1 Å². The number of amides is 4. The van der Waals surface area contributed by atoms with Crippen LogP contribution in [-0.2, 0) is 9.59 Å². The molecule has 4 aromatic rings. The molecule has 5 aliphatic rings. The number of carbonyl (C=O) groups is 4. The third-order valence-electron chi connectivity index (χ3n) is 12.3. The van der Waals surface area contributed by atoms with E-state index in [2.05, 4.69) is 10.6 Å². The van der Waals surface area contributed by atoms with Crippen molar-refractivity contribution in [3.63, 3.8) is 0 Å². The second kappa shape index (κ2) is 18.7. The Kier molecular flexibility index (Phi) is 12.4. The second-order valence-corrected chi connectivity index (χ2v) is 17.1. The van der Waals surface area contributed by atoms with Crippen molar-refractivity contribution in [2.45, 2.75) is 64.2 Å². The molecule has 0 aromatic heterocycles. The summed E-state index contributed by atoms with van der Waals surface area (Å²) in [4.78, 5) is 65.8. The van der Waals surface area contributed by atoms with Crippen molar-refractivity contribution in [2.24, 2.45) is 21.6 Å².